The fraction of sp³-hybridized carbons (Fsp3) is 0.240. The lowest BCUT2D eigenvalue weighted by Gasteiger charge is -2.13. The molecule has 0 atom stereocenters. The predicted octanol–water partition coefficient (Wildman–Crippen LogP) is 5.81. The van der Waals surface area contributed by atoms with Crippen LogP contribution >= 0.6 is 0 Å². The summed E-state index contributed by atoms with van der Waals surface area (Å²) < 4.78 is 43.8. The van der Waals surface area contributed by atoms with Crippen LogP contribution in [0, 0.1) is 11.3 Å². The number of imidazole rings is 1. The van der Waals surface area contributed by atoms with Crippen molar-refractivity contribution >= 4 is 16.9 Å². The Morgan fingerprint density at radius 2 is 1.91 bits per heavy atom. The molecule has 0 aliphatic carbocycles. The normalized spacial score (nSPS) is 11.6. The number of alkyl halides is 3. The number of carboxylic acids is 1. The molecule has 0 spiro atoms. The number of carboxylic acid groups (broad SMARTS) is 1. The number of hydrogen-bond donors (Lipinski definition) is 1. The van der Waals surface area contributed by atoms with Gasteiger partial charge in [0, 0.05) is 18.0 Å². The lowest BCUT2D eigenvalue weighted by molar-refractivity contribution is -0.141. The van der Waals surface area contributed by atoms with Crippen molar-refractivity contribution in [3.63, 3.8) is 0 Å². The molecule has 174 valence electrons. The second-order valence-corrected chi connectivity index (χ2v) is 7.88. The topological polar surface area (TPSA) is 83.8 Å². The molecule has 0 aliphatic rings. The highest BCUT2D eigenvalue weighted by Gasteiger charge is 2.41. The minimum Gasteiger partial charge on any atom is -0.477 e. The van der Waals surface area contributed by atoms with Crippen molar-refractivity contribution in [3.05, 3.63) is 83.1 Å². The Morgan fingerprint density at radius 3 is 2.59 bits per heavy atom. The number of nitriles is 1. The van der Waals surface area contributed by atoms with Crippen LogP contribution in [0.1, 0.15) is 52.9 Å². The summed E-state index contributed by atoms with van der Waals surface area (Å²) in [4.78, 5) is 15.6. The largest absolute Gasteiger partial charge is 0.477 e. The summed E-state index contributed by atoms with van der Waals surface area (Å²) in [6.07, 6.45) is -1.54. The Hall–Kier alpha value is -4.06. The Bertz CT molecular complexity index is 1410. The number of aryl methyl sites for hydroxylation is 1. The van der Waals surface area contributed by atoms with Gasteiger partial charge in [-0.3, -0.25) is 0 Å². The van der Waals surface area contributed by atoms with Crippen molar-refractivity contribution < 1.29 is 23.1 Å². The molecule has 0 saturated carbocycles. The van der Waals surface area contributed by atoms with E-state index in [0.717, 1.165) is 21.9 Å². The molecule has 2 aromatic carbocycles. The van der Waals surface area contributed by atoms with E-state index in [1.807, 2.05) is 35.8 Å². The first-order valence-electron chi connectivity index (χ1n) is 10.7. The Labute approximate surface area is 193 Å². The number of carbonyl (C=O) groups is 1. The number of para-hydroxylation sites is 1. The third-order valence-corrected chi connectivity index (χ3v) is 5.71. The molecule has 0 saturated heterocycles. The smallest absolute Gasteiger partial charge is 0.435 e. The summed E-state index contributed by atoms with van der Waals surface area (Å²) in [6, 6.07) is 16.4. The highest BCUT2D eigenvalue weighted by Crippen LogP contribution is 2.34. The van der Waals surface area contributed by atoms with E-state index in [-0.39, 0.29) is 18.8 Å². The first-order valence-corrected chi connectivity index (χ1v) is 10.7. The average Bonchev–Trinajstić information content (AvgIpc) is 3.40. The molecule has 6 nitrogen and oxygen atoms in total. The second-order valence-electron chi connectivity index (χ2n) is 7.88. The molecule has 0 aliphatic heterocycles. The summed E-state index contributed by atoms with van der Waals surface area (Å²) in [5.41, 5.74) is 0.322. The number of benzene rings is 2. The summed E-state index contributed by atoms with van der Waals surface area (Å²) in [5.74, 6) is -1.58. The molecule has 1 N–H and O–H groups in total. The highest BCUT2D eigenvalue weighted by molar-refractivity contribution is 5.88. The molecule has 4 aromatic rings. The fourth-order valence-electron chi connectivity index (χ4n) is 4.14. The lowest BCUT2D eigenvalue weighted by atomic mass is 10.1. The molecule has 0 radical (unpaired) electrons. The van der Waals surface area contributed by atoms with Crippen LogP contribution in [0.2, 0.25) is 0 Å². The van der Waals surface area contributed by atoms with Crippen molar-refractivity contribution in [3.8, 4) is 11.8 Å². The minimum absolute atomic E-state index is 0.0784. The van der Waals surface area contributed by atoms with Gasteiger partial charge in [-0.05, 0) is 36.2 Å². The van der Waals surface area contributed by atoms with Gasteiger partial charge in [-0.25, -0.2) is 9.78 Å². The third-order valence-electron chi connectivity index (χ3n) is 5.71. The number of fused-ring (bicyclic) bond motifs is 1. The van der Waals surface area contributed by atoms with Gasteiger partial charge in [0.1, 0.15) is 11.9 Å². The molecular formula is C25H21F3N4O2. The monoisotopic (exact) mass is 466 g/mol. The quantitative estimate of drug-likeness (QED) is 0.373. The van der Waals surface area contributed by atoms with Gasteiger partial charge in [-0.1, -0.05) is 37.6 Å². The second kappa shape index (κ2) is 9.06. The molecule has 9 heteroatoms. The number of nitrogens with zero attached hydrogens (tertiary/aromatic N) is 4. The van der Waals surface area contributed by atoms with Gasteiger partial charge in [-0.2, -0.15) is 18.4 Å². The van der Waals surface area contributed by atoms with E-state index in [2.05, 4.69) is 11.1 Å². The van der Waals surface area contributed by atoms with Crippen LogP contribution in [-0.4, -0.2) is 25.2 Å². The zero-order valence-electron chi connectivity index (χ0n) is 18.3. The average molecular weight is 466 g/mol. The Balaban J connectivity index is 1.86. The van der Waals surface area contributed by atoms with Crippen LogP contribution in [-0.2, 0) is 19.1 Å². The Morgan fingerprint density at radius 1 is 1.15 bits per heavy atom. The van der Waals surface area contributed by atoms with E-state index in [1.54, 1.807) is 30.5 Å². The number of aromatic nitrogens is 3. The van der Waals surface area contributed by atoms with Crippen molar-refractivity contribution in [2.75, 3.05) is 0 Å². The summed E-state index contributed by atoms with van der Waals surface area (Å²) in [5, 5.41) is 19.9. The van der Waals surface area contributed by atoms with Crippen molar-refractivity contribution in [1.29, 1.82) is 5.26 Å². The molecule has 2 heterocycles. The van der Waals surface area contributed by atoms with Gasteiger partial charge in [0.25, 0.3) is 0 Å². The zero-order chi connectivity index (χ0) is 24.5. The summed E-state index contributed by atoms with van der Waals surface area (Å²) in [6.45, 7) is 1.82. The first-order chi connectivity index (χ1) is 16.3. The van der Waals surface area contributed by atoms with E-state index in [1.165, 1.54) is 0 Å². The third kappa shape index (κ3) is 4.15. The molecule has 34 heavy (non-hydrogen) atoms. The van der Waals surface area contributed by atoms with Crippen LogP contribution < -0.4 is 0 Å². The van der Waals surface area contributed by atoms with Gasteiger partial charge < -0.3 is 14.2 Å². The Kier molecular flexibility index (Phi) is 6.16. The van der Waals surface area contributed by atoms with Crippen LogP contribution in [0.25, 0.3) is 16.6 Å². The van der Waals surface area contributed by atoms with E-state index in [9.17, 15) is 28.3 Å². The van der Waals surface area contributed by atoms with Crippen molar-refractivity contribution in [2.24, 2.45) is 0 Å². The lowest BCUT2D eigenvalue weighted by Crippen LogP contribution is -2.17. The van der Waals surface area contributed by atoms with E-state index < -0.39 is 23.5 Å². The standard InChI is InChI=1S/C25H21F3N4O2/c1-2-3-11-21-30-23(25(26,27)28)22(24(33)34)32(21)15-17-8-6-10-20-18(17)12-13-31(20)19-9-5-4-7-16(19)14-29/h4-10,12-13H,2-3,11,15H2,1H3,(H,33,34). The minimum atomic E-state index is -4.88. The predicted molar refractivity (Wildman–Crippen MR) is 120 cm³/mol. The van der Waals surface area contributed by atoms with E-state index >= 15 is 0 Å². The molecule has 0 bridgehead atoms. The van der Waals surface area contributed by atoms with Gasteiger partial charge in [0.2, 0.25) is 0 Å². The van der Waals surface area contributed by atoms with Gasteiger partial charge in [-0.15, -0.1) is 0 Å². The maximum absolute atomic E-state index is 13.6. The van der Waals surface area contributed by atoms with E-state index in [0.29, 0.717) is 23.2 Å². The summed E-state index contributed by atoms with van der Waals surface area (Å²) in [7, 11) is 0. The molecule has 4 rings (SSSR count). The highest BCUT2D eigenvalue weighted by atomic mass is 19.4. The number of hydrogen-bond acceptors (Lipinski definition) is 3. The number of halogens is 3. The molecule has 0 fully saturated rings. The van der Waals surface area contributed by atoms with E-state index in [4.69, 9.17) is 0 Å². The van der Waals surface area contributed by atoms with Gasteiger partial charge in [0.15, 0.2) is 11.4 Å². The zero-order valence-corrected chi connectivity index (χ0v) is 18.3. The molecule has 0 unspecified atom stereocenters. The van der Waals surface area contributed by atoms with Crippen LogP contribution in [0.3, 0.4) is 0 Å². The van der Waals surface area contributed by atoms with Gasteiger partial charge in [0.05, 0.1) is 23.3 Å². The molecular weight excluding hydrogens is 445 g/mol. The van der Waals surface area contributed by atoms with Crippen LogP contribution in [0.5, 0.6) is 0 Å². The maximum atomic E-state index is 13.6. The summed E-state index contributed by atoms with van der Waals surface area (Å²) >= 11 is 0. The van der Waals surface area contributed by atoms with Crippen molar-refractivity contribution in [1.82, 2.24) is 14.1 Å². The molecule has 2 aromatic heterocycles. The number of rotatable bonds is 7. The number of unbranched alkanes of at least 4 members (excludes halogenated alkanes) is 1. The van der Waals surface area contributed by atoms with Crippen LogP contribution in [0.15, 0.2) is 54.7 Å². The fourth-order valence-corrected chi connectivity index (χ4v) is 4.14. The molecule has 0 amide bonds. The first kappa shape index (κ1) is 23.1. The van der Waals surface area contributed by atoms with Crippen LogP contribution in [0.4, 0.5) is 13.2 Å². The SMILES string of the molecule is CCCCc1nc(C(F)(F)F)c(C(=O)O)n1Cc1cccc2c1ccn2-c1ccccc1C#N. The van der Waals surface area contributed by atoms with Gasteiger partial charge >= 0.3 is 12.1 Å². The maximum Gasteiger partial charge on any atom is 0.435 e. The number of aromatic carboxylic acids is 1. The van der Waals surface area contributed by atoms with Crippen molar-refractivity contribution in [2.45, 2.75) is 38.9 Å².